The van der Waals surface area contributed by atoms with Crippen molar-refractivity contribution in [3.05, 3.63) is 90.0 Å². The van der Waals surface area contributed by atoms with Gasteiger partial charge in [0.1, 0.15) is 5.75 Å². The second kappa shape index (κ2) is 13.7. The Hall–Kier alpha value is -3.27. The largest absolute Gasteiger partial charge is 0.493 e. The number of para-hydroxylation sites is 1. The zero-order valence-electron chi connectivity index (χ0n) is 20.2. The highest BCUT2D eigenvalue weighted by Crippen LogP contribution is 2.19. The van der Waals surface area contributed by atoms with Crippen LogP contribution in [0.1, 0.15) is 42.1 Å². The van der Waals surface area contributed by atoms with Crippen LogP contribution in [0.2, 0.25) is 0 Å². The van der Waals surface area contributed by atoms with Crippen molar-refractivity contribution in [2.24, 2.45) is 0 Å². The number of sulfonamides is 1. The van der Waals surface area contributed by atoms with Crippen LogP contribution in [0, 0.1) is 0 Å². The van der Waals surface area contributed by atoms with Gasteiger partial charge in [0.15, 0.2) is 5.11 Å². The van der Waals surface area contributed by atoms with Crippen molar-refractivity contribution in [3.8, 4) is 5.75 Å². The lowest BCUT2D eigenvalue weighted by Gasteiger charge is -2.13. The zero-order valence-corrected chi connectivity index (χ0v) is 21.8. The Bertz CT molecular complexity index is 1250. The van der Waals surface area contributed by atoms with Crippen molar-refractivity contribution in [1.82, 2.24) is 10.0 Å². The Morgan fingerprint density at radius 2 is 1.61 bits per heavy atom. The fourth-order valence-electron chi connectivity index (χ4n) is 3.42. The molecule has 9 heteroatoms. The molecule has 36 heavy (non-hydrogen) atoms. The molecule has 0 aliphatic carbocycles. The van der Waals surface area contributed by atoms with Crippen molar-refractivity contribution in [2.45, 2.75) is 37.5 Å². The number of hydrogen-bond acceptors (Lipinski definition) is 5. The topological polar surface area (TPSA) is 96.5 Å². The van der Waals surface area contributed by atoms with Gasteiger partial charge in [0.05, 0.1) is 17.1 Å². The lowest BCUT2D eigenvalue weighted by molar-refractivity contribution is 0.0973. The molecule has 0 radical (unpaired) electrons. The predicted molar refractivity (Wildman–Crippen MR) is 147 cm³/mol. The average molecular weight is 526 g/mol. The number of anilines is 1. The van der Waals surface area contributed by atoms with E-state index in [2.05, 4.69) is 22.3 Å². The highest BCUT2D eigenvalue weighted by Gasteiger charge is 2.15. The third kappa shape index (κ3) is 8.44. The van der Waals surface area contributed by atoms with E-state index in [-0.39, 0.29) is 15.9 Å². The molecule has 1 amide bonds. The summed E-state index contributed by atoms with van der Waals surface area (Å²) in [5.74, 6) is 0.114. The minimum absolute atomic E-state index is 0.0948. The predicted octanol–water partition coefficient (Wildman–Crippen LogP) is 4.90. The number of rotatable bonds is 12. The lowest BCUT2D eigenvalue weighted by Crippen LogP contribution is -2.34. The number of hydrogen-bond donors (Lipinski definition) is 3. The van der Waals surface area contributed by atoms with Gasteiger partial charge in [0, 0.05) is 12.2 Å². The van der Waals surface area contributed by atoms with Gasteiger partial charge in [-0.2, -0.15) is 0 Å². The number of carbonyl (C=O) groups excluding carboxylic acids is 1. The first-order valence-corrected chi connectivity index (χ1v) is 13.8. The summed E-state index contributed by atoms with van der Waals surface area (Å²) in [7, 11) is -3.64. The fraction of sp³-hybridized carbons (Fsp3) is 0.259. The number of unbranched alkanes of at least 4 members (excludes halogenated alkanes) is 2. The Morgan fingerprint density at radius 3 is 2.33 bits per heavy atom. The normalized spacial score (nSPS) is 11.0. The first kappa shape index (κ1) is 27.3. The van der Waals surface area contributed by atoms with Crippen molar-refractivity contribution in [3.63, 3.8) is 0 Å². The minimum Gasteiger partial charge on any atom is -0.493 e. The Labute approximate surface area is 218 Å². The maximum absolute atomic E-state index is 12.7. The highest BCUT2D eigenvalue weighted by atomic mass is 32.2. The smallest absolute Gasteiger partial charge is 0.261 e. The standard InChI is InChI=1S/C27H31N3O4S2/c1-2-3-9-20-34-25-13-8-7-12-24(25)26(31)30-27(35)29-22-14-16-23(17-15-22)36(32,33)28-19-18-21-10-5-4-6-11-21/h4-8,10-17,28H,2-3,9,18-20H2,1H3,(H2,29,30,31,35). The molecule has 0 aliphatic heterocycles. The van der Waals surface area contributed by atoms with E-state index in [0.29, 0.717) is 36.6 Å². The van der Waals surface area contributed by atoms with E-state index < -0.39 is 10.0 Å². The maximum Gasteiger partial charge on any atom is 0.261 e. The van der Waals surface area contributed by atoms with E-state index in [9.17, 15) is 13.2 Å². The first-order chi connectivity index (χ1) is 17.4. The lowest BCUT2D eigenvalue weighted by atomic mass is 10.2. The van der Waals surface area contributed by atoms with Gasteiger partial charge < -0.3 is 10.1 Å². The van der Waals surface area contributed by atoms with Crippen LogP contribution in [0.25, 0.3) is 0 Å². The van der Waals surface area contributed by atoms with Gasteiger partial charge in [-0.1, -0.05) is 62.2 Å². The quantitative estimate of drug-likeness (QED) is 0.230. The van der Waals surface area contributed by atoms with Crippen LogP contribution in [0.5, 0.6) is 5.75 Å². The summed E-state index contributed by atoms with van der Waals surface area (Å²) in [6.07, 6.45) is 3.66. The average Bonchev–Trinajstić information content (AvgIpc) is 2.87. The zero-order chi connectivity index (χ0) is 25.8. The van der Waals surface area contributed by atoms with Crippen molar-refractivity contribution in [1.29, 1.82) is 0 Å². The van der Waals surface area contributed by atoms with Gasteiger partial charge in [0.25, 0.3) is 5.91 Å². The minimum atomic E-state index is -3.64. The van der Waals surface area contributed by atoms with Crippen molar-refractivity contribution >= 4 is 38.9 Å². The van der Waals surface area contributed by atoms with Gasteiger partial charge in [-0.3, -0.25) is 10.1 Å². The van der Waals surface area contributed by atoms with E-state index in [4.69, 9.17) is 17.0 Å². The SMILES string of the molecule is CCCCCOc1ccccc1C(=O)NC(=S)Nc1ccc(S(=O)(=O)NCCc2ccccc2)cc1. The summed E-state index contributed by atoms with van der Waals surface area (Å²) >= 11 is 5.27. The molecule has 7 nitrogen and oxygen atoms in total. The Morgan fingerprint density at radius 1 is 0.917 bits per heavy atom. The third-order valence-electron chi connectivity index (χ3n) is 5.34. The molecule has 0 aromatic heterocycles. The summed E-state index contributed by atoms with van der Waals surface area (Å²) in [5.41, 5.74) is 2.00. The van der Waals surface area contributed by atoms with E-state index in [1.54, 1.807) is 30.3 Å². The third-order valence-corrected chi connectivity index (χ3v) is 7.02. The number of carbonyl (C=O) groups is 1. The molecule has 0 saturated heterocycles. The van der Waals surface area contributed by atoms with Gasteiger partial charge in [0.2, 0.25) is 10.0 Å². The molecule has 3 aromatic carbocycles. The van der Waals surface area contributed by atoms with Crippen LogP contribution in [0.15, 0.2) is 83.8 Å². The monoisotopic (exact) mass is 525 g/mol. The van der Waals surface area contributed by atoms with Crippen LogP contribution in [-0.4, -0.2) is 32.6 Å². The van der Waals surface area contributed by atoms with E-state index in [1.807, 2.05) is 36.4 Å². The number of nitrogens with one attached hydrogen (secondary N) is 3. The maximum atomic E-state index is 12.7. The molecule has 3 aromatic rings. The molecule has 3 N–H and O–H groups in total. The molecule has 0 fully saturated rings. The van der Waals surface area contributed by atoms with Crippen LogP contribution >= 0.6 is 12.2 Å². The number of thiocarbonyl (C=S) groups is 1. The summed E-state index contributed by atoms with van der Waals surface area (Å²) < 4.78 is 33.5. The molecule has 3 rings (SSSR count). The van der Waals surface area contributed by atoms with Gasteiger partial charge >= 0.3 is 0 Å². The Kier molecular flexibility index (Phi) is 10.4. The molecule has 0 unspecified atom stereocenters. The van der Waals surface area contributed by atoms with Crippen LogP contribution < -0.4 is 20.1 Å². The number of ether oxygens (including phenoxy) is 1. The van der Waals surface area contributed by atoms with Crippen molar-refractivity contribution in [2.75, 3.05) is 18.5 Å². The summed E-state index contributed by atoms with van der Waals surface area (Å²) in [6.45, 7) is 2.95. The summed E-state index contributed by atoms with van der Waals surface area (Å²) in [6, 6.07) is 22.8. The molecule has 0 aliphatic rings. The van der Waals surface area contributed by atoms with Crippen molar-refractivity contribution < 1.29 is 17.9 Å². The van der Waals surface area contributed by atoms with Crippen LogP contribution in [0.4, 0.5) is 5.69 Å². The van der Waals surface area contributed by atoms with Crippen LogP contribution in [0.3, 0.4) is 0 Å². The fourth-order valence-corrected chi connectivity index (χ4v) is 4.66. The van der Waals surface area contributed by atoms with Crippen LogP contribution in [-0.2, 0) is 16.4 Å². The van der Waals surface area contributed by atoms with E-state index in [1.165, 1.54) is 12.1 Å². The van der Waals surface area contributed by atoms with E-state index in [0.717, 1.165) is 24.8 Å². The molecular weight excluding hydrogens is 494 g/mol. The highest BCUT2D eigenvalue weighted by molar-refractivity contribution is 7.89. The second-order valence-corrected chi connectivity index (χ2v) is 10.3. The summed E-state index contributed by atoms with van der Waals surface area (Å²) in [5, 5.41) is 5.65. The molecule has 0 bridgehead atoms. The van der Waals surface area contributed by atoms with Gasteiger partial charge in [-0.25, -0.2) is 13.1 Å². The van der Waals surface area contributed by atoms with Gasteiger partial charge in [-0.05, 0) is 67.0 Å². The molecule has 190 valence electrons. The molecular formula is C27H31N3O4S2. The molecule has 0 saturated carbocycles. The number of amides is 1. The number of benzene rings is 3. The first-order valence-electron chi connectivity index (χ1n) is 11.9. The second-order valence-electron chi connectivity index (χ2n) is 8.12. The molecule has 0 spiro atoms. The summed E-state index contributed by atoms with van der Waals surface area (Å²) in [4.78, 5) is 12.9. The Balaban J connectivity index is 1.52. The van der Waals surface area contributed by atoms with Gasteiger partial charge in [-0.15, -0.1) is 0 Å². The molecule has 0 heterocycles. The molecule has 0 atom stereocenters. The van der Waals surface area contributed by atoms with E-state index >= 15 is 0 Å².